The van der Waals surface area contributed by atoms with E-state index in [4.69, 9.17) is 0 Å². The fourth-order valence-corrected chi connectivity index (χ4v) is 3.91. The van der Waals surface area contributed by atoms with Crippen molar-refractivity contribution in [1.82, 2.24) is 9.80 Å². The van der Waals surface area contributed by atoms with Crippen LogP contribution in [0.5, 0.6) is 0 Å². The lowest BCUT2D eigenvalue weighted by atomic mass is 9.83. The molecule has 3 nitrogen and oxygen atoms in total. The Morgan fingerprint density at radius 3 is 2.71 bits per heavy atom. The Balaban J connectivity index is 1.58. The number of allylic oxidation sites excluding steroid dienone is 1. The monoisotopic (exact) mass is 230 g/mol. The molecule has 0 saturated carbocycles. The van der Waals surface area contributed by atoms with Gasteiger partial charge in [0, 0.05) is 24.7 Å². The van der Waals surface area contributed by atoms with E-state index in [-0.39, 0.29) is 0 Å². The molecule has 17 heavy (non-hydrogen) atoms. The Kier molecular flexibility index (Phi) is 2.01. The number of fused-ring (bicyclic) bond motifs is 3. The minimum atomic E-state index is 0.299. The molecule has 0 aromatic rings. The first-order valence-corrected chi connectivity index (χ1v) is 6.75. The van der Waals surface area contributed by atoms with Gasteiger partial charge in [-0.3, -0.25) is 4.79 Å². The Hall–Kier alpha value is -1.09. The summed E-state index contributed by atoms with van der Waals surface area (Å²) in [6.07, 6.45) is 7.72. The number of carbonyl (C=O) groups is 1. The predicted molar refractivity (Wildman–Crippen MR) is 65.4 cm³/mol. The quantitative estimate of drug-likeness (QED) is 0.675. The Labute approximate surface area is 102 Å². The minimum Gasteiger partial charge on any atom is -0.330 e. The molecular weight excluding hydrogens is 212 g/mol. The molecule has 0 radical (unpaired) electrons. The lowest BCUT2D eigenvalue weighted by Gasteiger charge is -2.48. The average Bonchev–Trinajstić information content (AvgIpc) is 2.94. The molecule has 90 valence electrons. The number of amides is 1. The molecule has 0 spiro atoms. The van der Waals surface area contributed by atoms with Gasteiger partial charge in [-0.25, -0.2) is 0 Å². The first kappa shape index (κ1) is 9.89. The Morgan fingerprint density at radius 2 is 2.06 bits per heavy atom. The van der Waals surface area contributed by atoms with Crippen molar-refractivity contribution in [2.24, 2.45) is 5.92 Å². The van der Waals surface area contributed by atoms with Gasteiger partial charge in [0.1, 0.15) is 0 Å². The predicted octanol–water partition coefficient (Wildman–Crippen LogP) is 1.18. The van der Waals surface area contributed by atoms with Crippen molar-refractivity contribution in [1.29, 1.82) is 0 Å². The van der Waals surface area contributed by atoms with E-state index in [1.165, 1.54) is 31.5 Å². The third kappa shape index (κ3) is 1.35. The highest BCUT2D eigenvalue weighted by Gasteiger charge is 2.42. The lowest BCUT2D eigenvalue weighted by molar-refractivity contribution is -0.131. The maximum Gasteiger partial charge on any atom is 0.254 e. The third-order valence-electron chi connectivity index (χ3n) is 4.90. The molecule has 3 saturated heterocycles. The highest BCUT2D eigenvalue weighted by atomic mass is 16.2. The van der Waals surface area contributed by atoms with Crippen LogP contribution in [0.1, 0.15) is 19.3 Å². The molecule has 5 aliphatic rings. The maximum atomic E-state index is 12.4. The molecule has 5 rings (SSSR count). The van der Waals surface area contributed by atoms with Crippen LogP contribution in [-0.2, 0) is 4.79 Å². The van der Waals surface area contributed by atoms with Crippen molar-refractivity contribution in [2.75, 3.05) is 26.2 Å². The number of carbonyl (C=O) groups excluding carboxylic acids is 1. The van der Waals surface area contributed by atoms with Crippen LogP contribution in [0.3, 0.4) is 0 Å². The molecule has 2 bridgehead atoms. The molecule has 4 heterocycles. The third-order valence-corrected chi connectivity index (χ3v) is 4.90. The van der Waals surface area contributed by atoms with Crippen molar-refractivity contribution in [3.8, 4) is 0 Å². The van der Waals surface area contributed by atoms with Crippen molar-refractivity contribution < 1.29 is 4.79 Å². The largest absolute Gasteiger partial charge is 0.330 e. The summed E-state index contributed by atoms with van der Waals surface area (Å²) >= 11 is 0. The highest BCUT2D eigenvalue weighted by Crippen LogP contribution is 2.36. The van der Waals surface area contributed by atoms with E-state index in [0.717, 1.165) is 31.0 Å². The van der Waals surface area contributed by atoms with E-state index in [9.17, 15) is 4.79 Å². The van der Waals surface area contributed by atoms with Crippen LogP contribution in [0.2, 0.25) is 0 Å². The van der Waals surface area contributed by atoms with Gasteiger partial charge in [-0.05, 0) is 43.8 Å². The summed E-state index contributed by atoms with van der Waals surface area (Å²) in [6, 6.07) is 0.490. The molecule has 1 atom stereocenters. The van der Waals surface area contributed by atoms with Crippen LogP contribution in [0.4, 0.5) is 0 Å². The minimum absolute atomic E-state index is 0.299. The fourth-order valence-electron chi connectivity index (χ4n) is 3.91. The summed E-state index contributed by atoms with van der Waals surface area (Å²) in [4.78, 5) is 17.0. The van der Waals surface area contributed by atoms with Crippen molar-refractivity contribution >= 4 is 5.91 Å². The van der Waals surface area contributed by atoms with Gasteiger partial charge in [0.05, 0.1) is 0 Å². The number of rotatable bonds is 1. The van der Waals surface area contributed by atoms with Crippen LogP contribution in [0, 0.1) is 5.92 Å². The van der Waals surface area contributed by atoms with Crippen LogP contribution >= 0.6 is 0 Å². The van der Waals surface area contributed by atoms with Crippen molar-refractivity contribution in [3.63, 3.8) is 0 Å². The zero-order valence-electron chi connectivity index (χ0n) is 10.1. The van der Waals surface area contributed by atoms with Gasteiger partial charge in [-0.2, -0.15) is 0 Å². The van der Waals surface area contributed by atoms with Crippen molar-refractivity contribution in [3.05, 3.63) is 23.3 Å². The van der Waals surface area contributed by atoms with Gasteiger partial charge in [0.25, 0.3) is 5.91 Å². The van der Waals surface area contributed by atoms with Gasteiger partial charge in [-0.15, -0.1) is 0 Å². The van der Waals surface area contributed by atoms with E-state index in [2.05, 4.69) is 15.9 Å². The molecule has 1 unspecified atom stereocenters. The smallest absolute Gasteiger partial charge is 0.254 e. The molecule has 0 aromatic carbocycles. The van der Waals surface area contributed by atoms with Gasteiger partial charge in [0.2, 0.25) is 0 Å². The fraction of sp³-hybridized carbons (Fsp3) is 0.643. The van der Waals surface area contributed by atoms with Gasteiger partial charge in [-0.1, -0.05) is 12.2 Å². The van der Waals surface area contributed by atoms with Gasteiger partial charge >= 0.3 is 0 Å². The van der Waals surface area contributed by atoms with E-state index < -0.39 is 0 Å². The molecule has 0 N–H and O–H groups in total. The average molecular weight is 230 g/mol. The van der Waals surface area contributed by atoms with Crippen LogP contribution in [-0.4, -0.2) is 47.9 Å². The summed E-state index contributed by atoms with van der Waals surface area (Å²) < 4.78 is 0. The van der Waals surface area contributed by atoms with Gasteiger partial charge < -0.3 is 9.80 Å². The summed E-state index contributed by atoms with van der Waals surface area (Å²) in [5, 5.41) is 0. The van der Waals surface area contributed by atoms with E-state index in [1.54, 1.807) is 0 Å². The van der Waals surface area contributed by atoms with Gasteiger partial charge in [0.15, 0.2) is 0 Å². The summed E-state index contributed by atoms with van der Waals surface area (Å²) in [5.74, 6) is 1.06. The van der Waals surface area contributed by atoms with Crippen LogP contribution in [0.15, 0.2) is 23.3 Å². The zero-order chi connectivity index (χ0) is 11.4. The van der Waals surface area contributed by atoms with E-state index in [1.807, 2.05) is 6.08 Å². The van der Waals surface area contributed by atoms with Crippen LogP contribution < -0.4 is 0 Å². The number of piperidine rings is 3. The number of hydrogen-bond donors (Lipinski definition) is 0. The standard InChI is InChI=1S/C14H18N2O/c17-14-12-3-1-2-11(12)8-16(14)13-9-15-6-4-10(13)5-7-15/h1,3,10,13H,2,4-9H2. The molecule has 1 amide bonds. The Bertz CT molecular complexity index is 430. The first-order chi connectivity index (χ1) is 8.33. The second-order valence-corrected chi connectivity index (χ2v) is 5.76. The molecule has 4 aliphatic heterocycles. The zero-order valence-corrected chi connectivity index (χ0v) is 10.1. The molecule has 3 heteroatoms. The second kappa shape index (κ2) is 3.45. The highest BCUT2D eigenvalue weighted by molar-refractivity contribution is 6.00. The topological polar surface area (TPSA) is 23.6 Å². The summed E-state index contributed by atoms with van der Waals surface area (Å²) in [5.41, 5.74) is 2.35. The lowest BCUT2D eigenvalue weighted by Crippen LogP contribution is -2.58. The van der Waals surface area contributed by atoms with Crippen molar-refractivity contribution in [2.45, 2.75) is 25.3 Å². The number of hydrogen-bond acceptors (Lipinski definition) is 2. The number of nitrogens with zero attached hydrogens (tertiary/aromatic N) is 2. The SMILES string of the molecule is O=C1C2=C(CC=C2)CN1C1CN2CCC1CC2. The first-order valence-electron chi connectivity index (χ1n) is 6.75. The Morgan fingerprint density at radius 1 is 1.24 bits per heavy atom. The molecule has 3 fully saturated rings. The van der Waals surface area contributed by atoms with E-state index in [0.29, 0.717) is 11.9 Å². The summed E-state index contributed by atoms with van der Waals surface area (Å²) in [7, 11) is 0. The van der Waals surface area contributed by atoms with Crippen LogP contribution in [0.25, 0.3) is 0 Å². The molecule has 1 aliphatic carbocycles. The van der Waals surface area contributed by atoms with E-state index >= 15 is 0 Å². The normalized spacial score (nSPS) is 39.4. The molecular formula is C14H18N2O. The molecule has 0 aromatic heterocycles. The second-order valence-electron chi connectivity index (χ2n) is 5.76. The maximum absolute atomic E-state index is 12.4. The summed E-state index contributed by atoms with van der Waals surface area (Å²) in [6.45, 7) is 4.50.